The average Bonchev–Trinajstić information content (AvgIpc) is 2.50. The molecule has 6 nitrogen and oxygen atoms in total. The smallest absolute Gasteiger partial charge is 0.319 e. The third-order valence-corrected chi connectivity index (χ3v) is 3.22. The quantitative estimate of drug-likeness (QED) is 0.672. The Morgan fingerprint density at radius 2 is 1.91 bits per heavy atom. The predicted molar refractivity (Wildman–Crippen MR) is 91.9 cm³/mol. The van der Waals surface area contributed by atoms with Gasteiger partial charge in [-0.2, -0.15) is 0 Å². The normalized spacial score (nSPS) is 10.5. The number of hydrogen-bond donors (Lipinski definition) is 2. The number of carbonyl (C=O) groups excluding carboxylic acids is 1. The molecule has 0 aliphatic heterocycles. The standard InChI is InChI=1S/C16H25ClN2O4/c1-11(2)10-23-7-5-6-18-16(20)19-13-8-12(17)14(21-3)9-15(13)22-4/h8-9,11H,5-7,10H2,1-4H3,(H2,18,19,20). The molecule has 23 heavy (non-hydrogen) atoms. The first-order valence-corrected chi connectivity index (χ1v) is 7.89. The Balaban J connectivity index is 2.43. The number of rotatable bonds is 9. The molecule has 0 radical (unpaired) electrons. The van der Waals surface area contributed by atoms with Crippen LogP contribution in [0.15, 0.2) is 12.1 Å². The maximum absolute atomic E-state index is 11.9. The van der Waals surface area contributed by atoms with Crippen LogP contribution >= 0.6 is 11.6 Å². The summed E-state index contributed by atoms with van der Waals surface area (Å²) in [4.78, 5) is 11.9. The van der Waals surface area contributed by atoms with Crippen molar-refractivity contribution in [3.05, 3.63) is 17.2 Å². The van der Waals surface area contributed by atoms with Crippen molar-refractivity contribution < 1.29 is 19.0 Å². The maximum atomic E-state index is 11.9. The molecule has 0 spiro atoms. The van der Waals surface area contributed by atoms with E-state index in [1.54, 1.807) is 12.1 Å². The Bertz CT molecular complexity index is 509. The number of hydrogen-bond acceptors (Lipinski definition) is 4. The molecule has 2 amide bonds. The van der Waals surface area contributed by atoms with Crippen molar-refractivity contribution in [2.75, 3.05) is 39.3 Å². The lowest BCUT2D eigenvalue weighted by Crippen LogP contribution is -2.30. The van der Waals surface area contributed by atoms with Crippen molar-refractivity contribution in [2.45, 2.75) is 20.3 Å². The van der Waals surface area contributed by atoms with E-state index in [0.29, 0.717) is 41.3 Å². The second-order valence-electron chi connectivity index (χ2n) is 5.39. The van der Waals surface area contributed by atoms with E-state index in [1.165, 1.54) is 14.2 Å². The summed E-state index contributed by atoms with van der Waals surface area (Å²) in [5.74, 6) is 1.47. The Hall–Kier alpha value is -1.66. The lowest BCUT2D eigenvalue weighted by Gasteiger charge is -2.13. The summed E-state index contributed by atoms with van der Waals surface area (Å²) in [7, 11) is 3.03. The molecule has 0 aromatic heterocycles. The second kappa shape index (κ2) is 10.2. The number of nitrogens with one attached hydrogen (secondary N) is 2. The summed E-state index contributed by atoms with van der Waals surface area (Å²) in [5, 5.41) is 5.86. The van der Waals surface area contributed by atoms with Crippen LogP contribution in [-0.4, -0.2) is 40.0 Å². The Kier molecular flexibility index (Phi) is 8.58. The summed E-state index contributed by atoms with van der Waals surface area (Å²) in [6.07, 6.45) is 0.751. The first-order chi connectivity index (χ1) is 11.0. The highest BCUT2D eigenvalue weighted by molar-refractivity contribution is 6.32. The van der Waals surface area contributed by atoms with Crippen molar-refractivity contribution in [3.63, 3.8) is 0 Å². The van der Waals surface area contributed by atoms with Crippen molar-refractivity contribution in [2.24, 2.45) is 5.92 Å². The molecule has 0 atom stereocenters. The van der Waals surface area contributed by atoms with E-state index in [4.69, 9.17) is 25.8 Å². The lowest BCUT2D eigenvalue weighted by atomic mass is 10.2. The van der Waals surface area contributed by atoms with Crippen LogP contribution in [0.1, 0.15) is 20.3 Å². The number of carbonyl (C=O) groups is 1. The van der Waals surface area contributed by atoms with Gasteiger partial charge in [-0.25, -0.2) is 4.79 Å². The van der Waals surface area contributed by atoms with Crippen LogP contribution in [0.5, 0.6) is 11.5 Å². The number of amides is 2. The van der Waals surface area contributed by atoms with Gasteiger partial charge in [-0.05, 0) is 18.4 Å². The molecule has 1 aromatic carbocycles. The topological polar surface area (TPSA) is 68.8 Å². The molecule has 0 bridgehead atoms. The fourth-order valence-corrected chi connectivity index (χ4v) is 2.06. The van der Waals surface area contributed by atoms with Crippen LogP contribution < -0.4 is 20.1 Å². The molecule has 7 heteroatoms. The number of ether oxygens (including phenoxy) is 3. The maximum Gasteiger partial charge on any atom is 0.319 e. The van der Waals surface area contributed by atoms with E-state index in [0.717, 1.165) is 13.0 Å². The molecule has 0 aliphatic carbocycles. The molecule has 0 fully saturated rings. The van der Waals surface area contributed by atoms with Crippen LogP contribution in [0.25, 0.3) is 0 Å². The van der Waals surface area contributed by atoms with Gasteiger partial charge in [-0.3, -0.25) is 0 Å². The molecule has 2 N–H and O–H groups in total. The number of urea groups is 1. The zero-order valence-electron chi connectivity index (χ0n) is 14.1. The van der Waals surface area contributed by atoms with E-state index >= 15 is 0 Å². The molecule has 130 valence electrons. The average molecular weight is 345 g/mol. The van der Waals surface area contributed by atoms with Gasteiger partial charge in [0.25, 0.3) is 0 Å². The summed E-state index contributed by atoms with van der Waals surface area (Å²) in [5.41, 5.74) is 0.479. The van der Waals surface area contributed by atoms with Crippen molar-refractivity contribution in [3.8, 4) is 11.5 Å². The minimum atomic E-state index is -0.326. The SMILES string of the molecule is COc1cc(OC)c(NC(=O)NCCCOCC(C)C)cc1Cl. The highest BCUT2D eigenvalue weighted by atomic mass is 35.5. The Morgan fingerprint density at radius 1 is 1.22 bits per heavy atom. The minimum Gasteiger partial charge on any atom is -0.495 e. The highest BCUT2D eigenvalue weighted by Gasteiger charge is 2.12. The summed E-state index contributed by atoms with van der Waals surface area (Å²) in [6, 6.07) is 2.89. The molecule has 0 aliphatic rings. The highest BCUT2D eigenvalue weighted by Crippen LogP contribution is 2.35. The van der Waals surface area contributed by atoms with Gasteiger partial charge in [0.15, 0.2) is 0 Å². The predicted octanol–water partition coefficient (Wildman–Crippen LogP) is 3.54. The summed E-state index contributed by atoms with van der Waals surface area (Å²) in [6.45, 7) is 6.07. The summed E-state index contributed by atoms with van der Waals surface area (Å²) < 4.78 is 15.8. The van der Waals surface area contributed by atoms with Crippen LogP contribution in [0.2, 0.25) is 5.02 Å². The van der Waals surface area contributed by atoms with Crippen LogP contribution in [-0.2, 0) is 4.74 Å². The molecular weight excluding hydrogens is 320 g/mol. The third-order valence-electron chi connectivity index (χ3n) is 2.92. The number of anilines is 1. The van der Waals surface area contributed by atoms with E-state index in [9.17, 15) is 4.79 Å². The van der Waals surface area contributed by atoms with Crippen molar-refractivity contribution >= 4 is 23.3 Å². The molecule has 1 rings (SSSR count). The van der Waals surface area contributed by atoms with Gasteiger partial charge < -0.3 is 24.8 Å². The minimum absolute atomic E-state index is 0.326. The summed E-state index contributed by atoms with van der Waals surface area (Å²) >= 11 is 6.06. The third kappa shape index (κ3) is 6.97. The first kappa shape index (κ1) is 19.4. The van der Waals surface area contributed by atoms with Gasteiger partial charge in [-0.1, -0.05) is 25.4 Å². The van der Waals surface area contributed by atoms with Crippen molar-refractivity contribution in [1.29, 1.82) is 0 Å². The molecule has 0 heterocycles. The van der Waals surface area contributed by atoms with E-state index in [1.807, 2.05) is 0 Å². The fourth-order valence-electron chi connectivity index (χ4n) is 1.82. The molecular formula is C16H25ClN2O4. The lowest BCUT2D eigenvalue weighted by molar-refractivity contribution is 0.108. The van der Waals surface area contributed by atoms with Crippen LogP contribution in [0.3, 0.4) is 0 Å². The Morgan fingerprint density at radius 3 is 2.52 bits per heavy atom. The number of benzene rings is 1. The van der Waals surface area contributed by atoms with Gasteiger partial charge in [-0.15, -0.1) is 0 Å². The second-order valence-corrected chi connectivity index (χ2v) is 5.80. The van der Waals surface area contributed by atoms with Gasteiger partial charge in [0.05, 0.1) is 24.9 Å². The molecule has 1 aromatic rings. The largest absolute Gasteiger partial charge is 0.495 e. The van der Waals surface area contributed by atoms with E-state index in [-0.39, 0.29) is 6.03 Å². The van der Waals surface area contributed by atoms with Gasteiger partial charge in [0.1, 0.15) is 11.5 Å². The zero-order chi connectivity index (χ0) is 17.2. The fraction of sp³-hybridized carbons (Fsp3) is 0.562. The number of methoxy groups -OCH3 is 2. The van der Waals surface area contributed by atoms with Crippen LogP contribution in [0.4, 0.5) is 10.5 Å². The molecule has 0 saturated heterocycles. The van der Waals surface area contributed by atoms with Crippen molar-refractivity contribution in [1.82, 2.24) is 5.32 Å². The van der Waals surface area contributed by atoms with Gasteiger partial charge in [0, 0.05) is 25.8 Å². The monoisotopic (exact) mass is 344 g/mol. The van der Waals surface area contributed by atoms with Gasteiger partial charge >= 0.3 is 6.03 Å². The Labute approximate surface area is 142 Å². The zero-order valence-corrected chi connectivity index (χ0v) is 14.8. The van der Waals surface area contributed by atoms with Crippen LogP contribution in [0, 0.1) is 5.92 Å². The molecule has 0 unspecified atom stereocenters. The van der Waals surface area contributed by atoms with E-state index in [2.05, 4.69) is 24.5 Å². The molecule has 0 saturated carbocycles. The first-order valence-electron chi connectivity index (χ1n) is 7.52. The van der Waals surface area contributed by atoms with Gasteiger partial charge in [0.2, 0.25) is 0 Å². The van der Waals surface area contributed by atoms with E-state index < -0.39 is 0 Å². The number of halogens is 1.